The van der Waals surface area contributed by atoms with Crippen molar-refractivity contribution >= 4 is 0 Å². The quantitative estimate of drug-likeness (QED) is 0.830. The Morgan fingerprint density at radius 3 is 2.80 bits per heavy atom. The summed E-state index contributed by atoms with van der Waals surface area (Å²) in [4.78, 5) is 9.11. The van der Waals surface area contributed by atoms with E-state index in [0.29, 0.717) is 18.3 Å². The first-order valence-electron chi connectivity index (χ1n) is 6.88. The minimum Gasteiger partial charge on any atom is -0.493 e. The number of nitrogens with two attached hydrogens (primary N) is 1. The lowest BCUT2D eigenvalue weighted by molar-refractivity contribution is 0.0860. The lowest BCUT2D eigenvalue weighted by Gasteiger charge is -2.39. The molecule has 0 aromatic carbocycles. The lowest BCUT2D eigenvalue weighted by Crippen LogP contribution is -2.54. The number of hydrogen-bond acceptors (Lipinski definition) is 6. The molecule has 1 atom stereocenters. The van der Waals surface area contributed by atoms with E-state index in [9.17, 15) is 0 Å². The molecule has 20 heavy (non-hydrogen) atoms. The van der Waals surface area contributed by atoms with Crippen LogP contribution in [0.3, 0.4) is 0 Å². The van der Waals surface area contributed by atoms with E-state index in [4.69, 9.17) is 15.2 Å². The van der Waals surface area contributed by atoms with E-state index in [1.165, 1.54) is 0 Å². The lowest BCUT2D eigenvalue weighted by atomic mass is 10.1. The predicted octanol–water partition coefficient (Wildman–Crippen LogP) is 0.174. The van der Waals surface area contributed by atoms with Crippen molar-refractivity contribution in [2.75, 3.05) is 47.4 Å². The van der Waals surface area contributed by atoms with Crippen molar-refractivity contribution in [2.45, 2.75) is 12.6 Å². The third-order valence-corrected chi connectivity index (χ3v) is 3.80. The third kappa shape index (κ3) is 3.20. The molecule has 6 nitrogen and oxygen atoms in total. The van der Waals surface area contributed by atoms with Gasteiger partial charge in [0, 0.05) is 51.0 Å². The summed E-state index contributed by atoms with van der Waals surface area (Å²) in [5.41, 5.74) is 6.79. The van der Waals surface area contributed by atoms with Crippen molar-refractivity contribution in [3.8, 4) is 11.5 Å². The van der Waals surface area contributed by atoms with Gasteiger partial charge < -0.3 is 20.1 Å². The van der Waals surface area contributed by atoms with E-state index >= 15 is 0 Å². The van der Waals surface area contributed by atoms with Crippen LogP contribution in [0.5, 0.6) is 11.5 Å². The number of nitrogens with zero attached hydrogens (tertiary/aromatic N) is 3. The minimum atomic E-state index is 0.353. The van der Waals surface area contributed by atoms with Gasteiger partial charge in [0.1, 0.15) is 5.69 Å². The molecule has 2 N–H and O–H groups in total. The van der Waals surface area contributed by atoms with Gasteiger partial charge in [0.05, 0.1) is 14.2 Å². The zero-order valence-corrected chi connectivity index (χ0v) is 12.5. The summed E-state index contributed by atoms with van der Waals surface area (Å²) in [7, 11) is 5.41. The second-order valence-corrected chi connectivity index (χ2v) is 5.12. The zero-order valence-electron chi connectivity index (χ0n) is 12.5. The van der Waals surface area contributed by atoms with E-state index in [-0.39, 0.29) is 0 Å². The third-order valence-electron chi connectivity index (χ3n) is 3.80. The van der Waals surface area contributed by atoms with Gasteiger partial charge in [-0.1, -0.05) is 0 Å². The Hall–Kier alpha value is -1.37. The summed E-state index contributed by atoms with van der Waals surface area (Å²) in [5.74, 6) is 1.43. The van der Waals surface area contributed by atoms with Gasteiger partial charge in [-0.05, 0) is 7.05 Å². The Bertz CT molecular complexity index is 441. The number of pyridine rings is 1. The van der Waals surface area contributed by atoms with Crippen LogP contribution in [-0.2, 0) is 6.54 Å². The second kappa shape index (κ2) is 6.88. The summed E-state index contributed by atoms with van der Waals surface area (Å²) in [5, 5.41) is 0. The van der Waals surface area contributed by atoms with E-state index in [2.05, 4.69) is 21.8 Å². The van der Waals surface area contributed by atoms with Crippen molar-refractivity contribution in [1.82, 2.24) is 14.8 Å². The number of piperazine rings is 1. The minimum absolute atomic E-state index is 0.353. The number of likely N-dealkylation sites (N-methyl/N-ethyl adjacent to an activating group) is 1. The van der Waals surface area contributed by atoms with Gasteiger partial charge in [0.25, 0.3) is 0 Å². The van der Waals surface area contributed by atoms with Crippen LogP contribution in [0.25, 0.3) is 0 Å². The molecule has 1 aromatic rings. The molecule has 0 spiro atoms. The van der Waals surface area contributed by atoms with Crippen LogP contribution in [0.15, 0.2) is 12.3 Å². The molecular weight excluding hydrogens is 256 g/mol. The van der Waals surface area contributed by atoms with Crippen LogP contribution in [0.4, 0.5) is 0 Å². The fourth-order valence-corrected chi connectivity index (χ4v) is 2.64. The number of rotatable bonds is 5. The zero-order chi connectivity index (χ0) is 14.5. The Morgan fingerprint density at radius 2 is 2.15 bits per heavy atom. The van der Waals surface area contributed by atoms with Gasteiger partial charge in [-0.3, -0.25) is 9.88 Å². The summed E-state index contributed by atoms with van der Waals surface area (Å²) >= 11 is 0. The highest BCUT2D eigenvalue weighted by Crippen LogP contribution is 2.30. The maximum absolute atomic E-state index is 5.89. The van der Waals surface area contributed by atoms with Crippen LogP contribution in [0, 0.1) is 0 Å². The molecule has 6 heteroatoms. The van der Waals surface area contributed by atoms with E-state index in [0.717, 1.165) is 37.6 Å². The molecule has 1 fully saturated rings. The van der Waals surface area contributed by atoms with Gasteiger partial charge in [-0.2, -0.15) is 0 Å². The maximum Gasteiger partial charge on any atom is 0.183 e. The summed E-state index contributed by atoms with van der Waals surface area (Å²) in [6.07, 6.45) is 1.75. The highest BCUT2D eigenvalue weighted by Gasteiger charge is 2.25. The first-order chi connectivity index (χ1) is 9.69. The Kier molecular flexibility index (Phi) is 5.17. The molecule has 2 rings (SSSR count). The van der Waals surface area contributed by atoms with Crippen molar-refractivity contribution in [1.29, 1.82) is 0 Å². The summed E-state index contributed by atoms with van der Waals surface area (Å²) < 4.78 is 10.8. The van der Waals surface area contributed by atoms with Crippen molar-refractivity contribution in [3.63, 3.8) is 0 Å². The number of methoxy groups -OCH3 is 2. The van der Waals surface area contributed by atoms with Crippen molar-refractivity contribution in [3.05, 3.63) is 18.0 Å². The van der Waals surface area contributed by atoms with Gasteiger partial charge in [-0.25, -0.2) is 0 Å². The SMILES string of the molecule is COc1ccnc(CN2CCN(C)CC2CN)c1OC. The fraction of sp³-hybridized carbons (Fsp3) is 0.643. The summed E-state index contributed by atoms with van der Waals surface area (Å²) in [6.45, 7) is 4.40. The van der Waals surface area contributed by atoms with Gasteiger partial charge >= 0.3 is 0 Å². The maximum atomic E-state index is 5.89. The molecule has 0 radical (unpaired) electrons. The molecule has 0 aliphatic carbocycles. The number of ether oxygens (including phenoxy) is 2. The van der Waals surface area contributed by atoms with Gasteiger partial charge in [0.2, 0.25) is 0 Å². The van der Waals surface area contributed by atoms with E-state index in [1.807, 2.05) is 6.07 Å². The number of hydrogen-bond donors (Lipinski definition) is 1. The Labute approximate surface area is 120 Å². The van der Waals surface area contributed by atoms with Crippen LogP contribution >= 0.6 is 0 Å². The normalized spacial score (nSPS) is 20.9. The molecule has 1 unspecified atom stereocenters. The first-order valence-corrected chi connectivity index (χ1v) is 6.88. The van der Waals surface area contributed by atoms with Gasteiger partial charge in [-0.15, -0.1) is 0 Å². The topological polar surface area (TPSA) is 63.9 Å². The molecule has 1 saturated heterocycles. The van der Waals surface area contributed by atoms with Crippen LogP contribution in [0.1, 0.15) is 5.69 Å². The van der Waals surface area contributed by atoms with Crippen molar-refractivity contribution in [2.24, 2.45) is 5.73 Å². The van der Waals surface area contributed by atoms with Crippen LogP contribution < -0.4 is 15.2 Å². The molecule has 112 valence electrons. The van der Waals surface area contributed by atoms with Crippen molar-refractivity contribution < 1.29 is 9.47 Å². The van der Waals surface area contributed by atoms with E-state index < -0.39 is 0 Å². The monoisotopic (exact) mass is 280 g/mol. The average molecular weight is 280 g/mol. The molecule has 1 aliphatic rings. The summed E-state index contributed by atoms with van der Waals surface area (Å²) in [6, 6.07) is 2.17. The molecule has 0 saturated carbocycles. The molecule has 0 bridgehead atoms. The Morgan fingerprint density at radius 1 is 1.35 bits per heavy atom. The average Bonchev–Trinajstić information content (AvgIpc) is 2.48. The predicted molar refractivity (Wildman–Crippen MR) is 78.1 cm³/mol. The van der Waals surface area contributed by atoms with Gasteiger partial charge in [0.15, 0.2) is 11.5 Å². The van der Waals surface area contributed by atoms with Crippen LogP contribution in [0.2, 0.25) is 0 Å². The number of aromatic nitrogens is 1. The molecule has 1 aliphatic heterocycles. The fourth-order valence-electron chi connectivity index (χ4n) is 2.64. The molecular formula is C14H24N4O2. The molecule has 1 aromatic heterocycles. The smallest absolute Gasteiger partial charge is 0.183 e. The largest absolute Gasteiger partial charge is 0.493 e. The van der Waals surface area contributed by atoms with Crippen LogP contribution in [-0.4, -0.2) is 68.3 Å². The molecule has 2 heterocycles. The highest BCUT2D eigenvalue weighted by molar-refractivity contribution is 5.42. The first kappa shape index (κ1) is 15.0. The van der Waals surface area contributed by atoms with E-state index in [1.54, 1.807) is 20.4 Å². The second-order valence-electron chi connectivity index (χ2n) is 5.12. The highest BCUT2D eigenvalue weighted by atomic mass is 16.5. The molecule has 0 amide bonds. The Balaban J connectivity index is 2.16. The standard InChI is InChI=1S/C14H24N4O2/c1-17-6-7-18(11(8-15)9-17)10-12-14(20-3)13(19-2)4-5-16-12/h4-5,11H,6-10,15H2,1-3H3.